The minimum atomic E-state index is -0.451. The monoisotopic (exact) mass is 415 g/mol. The van der Waals surface area contributed by atoms with Crippen LogP contribution in [0.5, 0.6) is 0 Å². The summed E-state index contributed by atoms with van der Waals surface area (Å²) in [6.07, 6.45) is 1.80. The number of hydrogen-bond donors (Lipinski definition) is 2. The number of carbonyl (C=O) groups excluding carboxylic acids is 1. The summed E-state index contributed by atoms with van der Waals surface area (Å²) in [5.41, 5.74) is 10.4. The molecule has 0 spiro atoms. The van der Waals surface area contributed by atoms with Gasteiger partial charge in [0.15, 0.2) is 0 Å². The van der Waals surface area contributed by atoms with Crippen molar-refractivity contribution >= 4 is 39.6 Å². The van der Waals surface area contributed by atoms with Gasteiger partial charge in [-0.2, -0.15) is 5.10 Å². The van der Waals surface area contributed by atoms with Crippen molar-refractivity contribution in [1.82, 2.24) is 10.2 Å². The maximum Gasteiger partial charge on any atom is 0.248 e. The highest BCUT2D eigenvalue weighted by atomic mass is 19.1. The van der Waals surface area contributed by atoms with Gasteiger partial charge in [-0.25, -0.2) is 4.39 Å². The number of benzene rings is 3. The Balaban J connectivity index is 1.71. The van der Waals surface area contributed by atoms with Crippen molar-refractivity contribution in [3.8, 4) is 0 Å². The molecule has 0 atom stereocenters. The Labute approximate surface area is 179 Å². The number of nitrogens with two attached hydrogens (primary N) is 1. The first-order chi connectivity index (χ1) is 14.8. The quantitative estimate of drug-likeness (QED) is 0.500. The van der Waals surface area contributed by atoms with E-state index in [0.29, 0.717) is 12.1 Å². The number of anilines is 4. The fourth-order valence-electron chi connectivity index (χ4n) is 4.35. The SMILES string of the molecule is CC1(C)CN(c2ccc(C(N)=O)cc2)c2cc3[nH]ncc3cc2N1c1ccc(F)cc1. The molecule has 1 aliphatic rings. The van der Waals surface area contributed by atoms with Gasteiger partial charge in [0.2, 0.25) is 5.91 Å². The maximum absolute atomic E-state index is 13.6. The number of aromatic amines is 1. The summed E-state index contributed by atoms with van der Waals surface area (Å²) in [7, 11) is 0. The number of aromatic nitrogens is 2. The molecule has 2 heterocycles. The highest BCUT2D eigenvalue weighted by molar-refractivity contribution is 5.96. The largest absolute Gasteiger partial charge is 0.366 e. The summed E-state index contributed by atoms with van der Waals surface area (Å²) in [6.45, 7) is 4.99. The highest BCUT2D eigenvalue weighted by Gasteiger charge is 2.38. The smallest absolute Gasteiger partial charge is 0.248 e. The molecule has 3 aromatic carbocycles. The van der Waals surface area contributed by atoms with Gasteiger partial charge in [-0.05, 0) is 74.5 Å². The van der Waals surface area contributed by atoms with Crippen LogP contribution < -0.4 is 15.5 Å². The van der Waals surface area contributed by atoms with Crippen LogP contribution in [0.2, 0.25) is 0 Å². The Morgan fingerprint density at radius 3 is 2.39 bits per heavy atom. The average Bonchev–Trinajstić information content (AvgIpc) is 3.20. The molecule has 1 aromatic heterocycles. The second-order valence-corrected chi connectivity index (χ2v) is 8.42. The van der Waals surface area contributed by atoms with Crippen molar-refractivity contribution in [2.45, 2.75) is 19.4 Å². The van der Waals surface area contributed by atoms with Crippen LogP contribution in [0.1, 0.15) is 24.2 Å². The van der Waals surface area contributed by atoms with Crippen molar-refractivity contribution in [2.24, 2.45) is 5.73 Å². The zero-order valence-electron chi connectivity index (χ0n) is 17.3. The van der Waals surface area contributed by atoms with Gasteiger partial charge in [0, 0.05) is 28.9 Å². The van der Waals surface area contributed by atoms with Crippen molar-refractivity contribution in [2.75, 3.05) is 16.3 Å². The highest BCUT2D eigenvalue weighted by Crippen LogP contribution is 2.48. The molecule has 3 N–H and O–H groups in total. The van der Waals surface area contributed by atoms with Gasteiger partial charge >= 0.3 is 0 Å². The number of nitrogens with zero attached hydrogens (tertiary/aromatic N) is 3. The lowest BCUT2D eigenvalue weighted by molar-refractivity contribution is 0.100. The van der Waals surface area contributed by atoms with Crippen LogP contribution in [0.4, 0.5) is 27.1 Å². The summed E-state index contributed by atoms with van der Waals surface area (Å²) in [6, 6.07) is 18.0. The van der Waals surface area contributed by atoms with Crippen LogP contribution in [-0.4, -0.2) is 28.2 Å². The Hall–Kier alpha value is -3.87. The minimum Gasteiger partial charge on any atom is -0.366 e. The molecule has 156 valence electrons. The van der Waals surface area contributed by atoms with Gasteiger partial charge in [0.05, 0.1) is 28.6 Å². The van der Waals surface area contributed by atoms with E-state index >= 15 is 0 Å². The summed E-state index contributed by atoms with van der Waals surface area (Å²) in [5, 5.41) is 8.22. The Bertz CT molecular complexity index is 1280. The zero-order chi connectivity index (χ0) is 21.8. The van der Waals surface area contributed by atoms with Gasteiger partial charge in [-0.1, -0.05) is 0 Å². The van der Waals surface area contributed by atoms with E-state index in [-0.39, 0.29) is 11.4 Å². The number of nitrogens with one attached hydrogen (secondary N) is 1. The predicted octanol–water partition coefficient (Wildman–Crippen LogP) is 4.87. The van der Waals surface area contributed by atoms with Crippen LogP contribution in [-0.2, 0) is 0 Å². The number of rotatable bonds is 3. The van der Waals surface area contributed by atoms with Crippen LogP contribution >= 0.6 is 0 Å². The molecule has 31 heavy (non-hydrogen) atoms. The van der Waals surface area contributed by atoms with E-state index in [2.05, 4.69) is 46.0 Å². The summed E-state index contributed by atoms with van der Waals surface area (Å²) < 4.78 is 13.6. The molecule has 0 saturated heterocycles. The fraction of sp³-hybridized carbons (Fsp3) is 0.167. The Morgan fingerprint density at radius 2 is 1.71 bits per heavy atom. The van der Waals surface area contributed by atoms with Crippen molar-refractivity contribution in [1.29, 1.82) is 0 Å². The molecular weight excluding hydrogens is 393 g/mol. The van der Waals surface area contributed by atoms with E-state index in [9.17, 15) is 9.18 Å². The van der Waals surface area contributed by atoms with E-state index in [1.54, 1.807) is 30.5 Å². The summed E-state index contributed by atoms with van der Waals surface area (Å²) >= 11 is 0. The zero-order valence-corrected chi connectivity index (χ0v) is 17.3. The Morgan fingerprint density at radius 1 is 1.03 bits per heavy atom. The standard InChI is InChI=1S/C24H22FN5O/c1-24(2)14-29(18-7-3-15(4-8-18)23(26)31)21-12-20-16(13-27-28-20)11-22(21)30(24)19-9-5-17(25)6-10-19/h3-13H,14H2,1-2H3,(H2,26,31)(H,27,28). The second kappa shape index (κ2) is 6.84. The maximum atomic E-state index is 13.6. The predicted molar refractivity (Wildman–Crippen MR) is 121 cm³/mol. The topological polar surface area (TPSA) is 78.2 Å². The molecule has 7 heteroatoms. The molecule has 0 fully saturated rings. The first kappa shape index (κ1) is 19.1. The van der Waals surface area contributed by atoms with Crippen LogP contribution in [0.25, 0.3) is 10.9 Å². The first-order valence-corrected chi connectivity index (χ1v) is 10.0. The molecule has 4 aromatic rings. The van der Waals surface area contributed by atoms with Gasteiger partial charge in [-0.3, -0.25) is 9.89 Å². The molecule has 0 unspecified atom stereocenters. The molecule has 0 bridgehead atoms. The van der Waals surface area contributed by atoms with E-state index in [1.165, 1.54) is 12.1 Å². The lowest BCUT2D eigenvalue weighted by atomic mass is 9.93. The van der Waals surface area contributed by atoms with Crippen molar-refractivity contribution < 1.29 is 9.18 Å². The number of halogens is 1. The first-order valence-electron chi connectivity index (χ1n) is 10.0. The van der Waals surface area contributed by atoms with Gasteiger partial charge in [-0.15, -0.1) is 0 Å². The summed E-state index contributed by atoms with van der Waals surface area (Å²) in [5.74, 6) is -0.715. The molecule has 6 nitrogen and oxygen atoms in total. The third kappa shape index (κ3) is 3.18. The number of primary amides is 1. The normalized spacial score (nSPS) is 15.2. The molecule has 0 saturated carbocycles. The molecular formula is C24H22FN5O. The van der Waals surface area contributed by atoms with Gasteiger partial charge in [0.1, 0.15) is 5.82 Å². The third-order valence-corrected chi connectivity index (χ3v) is 5.77. The number of fused-ring (bicyclic) bond motifs is 2. The molecule has 1 amide bonds. The average molecular weight is 415 g/mol. The molecule has 0 radical (unpaired) electrons. The van der Waals surface area contributed by atoms with Gasteiger partial charge in [0.25, 0.3) is 0 Å². The number of carbonyl (C=O) groups is 1. The van der Waals surface area contributed by atoms with Crippen molar-refractivity contribution in [3.05, 3.63) is 78.2 Å². The fourth-order valence-corrected chi connectivity index (χ4v) is 4.35. The Kier molecular flexibility index (Phi) is 4.22. The second-order valence-electron chi connectivity index (χ2n) is 8.42. The minimum absolute atomic E-state index is 0.264. The van der Waals surface area contributed by atoms with Crippen LogP contribution in [0.3, 0.4) is 0 Å². The third-order valence-electron chi connectivity index (χ3n) is 5.77. The van der Waals surface area contributed by atoms with E-state index < -0.39 is 5.91 Å². The van der Waals surface area contributed by atoms with Crippen LogP contribution in [0.15, 0.2) is 66.9 Å². The van der Waals surface area contributed by atoms with E-state index in [1.807, 2.05) is 12.1 Å². The van der Waals surface area contributed by atoms with Gasteiger partial charge < -0.3 is 15.5 Å². The molecule has 0 aliphatic carbocycles. The lowest BCUT2D eigenvalue weighted by Crippen LogP contribution is -2.52. The molecule has 5 rings (SSSR count). The molecule has 1 aliphatic heterocycles. The van der Waals surface area contributed by atoms with Crippen LogP contribution in [0, 0.1) is 5.82 Å². The number of H-pyrrole nitrogens is 1. The summed E-state index contributed by atoms with van der Waals surface area (Å²) in [4.78, 5) is 16.0. The van der Waals surface area contributed by atoms with E-state index in [4.69, 9.17) is 5.73 Å². The van der Waals surface area contributed by atoms with E-state index in [0.717, 1.165) is 33.7 Å². The van der Waals surface area contributed by atoms with Crippen molar-refractivity contribution in [3.63, 3.8) is 0 Å². The number of amides is 1. The number of hydrogen-bond acceptors (Lipinski definition) is 4. The lowest BCUT2D eigenvalue weighted by Gasteiger charge is -2.50.